The van der Waals surface area contributed by atoms with Gasteiger partial charge in [-0.2, -0.15) is 0 Å². The molecule has 3 N–H and O–H groups in total. The Hall–Kier alpha value is -2.33. The van der Waals surface area contributed by atoms with Gasteiger partial charge in [0.15, 0.2) is 0 Å². The second-order valence-corrected chi connectivity index (χ2v) is 4.81. The smallest absolute Gasteiger partial charge is 0.143 e. The highest BCUT2D eigenvalue weighted by molar-refractivity contribution is 6.30. The molecule has 1 aromatic heterocycles. The van der Waals surface area contributed by atoms with Crippen LogP contribution in [0.2, 0.25) is 5.02 Å². The topological polar surface area (TPSA) is 50.9 Å². The summed E-state index contributed by atoms with van der Waals surface area (Å²) in [5.41, 5.74) is 7.82. The summed E-state index contributed by atoms with van der Waals surface area (Å²) in [6.45, 7) is 0. The van der Waals surface area contributed by atoms with E-state index in [-0.39, 0.29) is 5.02 Å². The summed E-state index contributed by atoms with van der Waals surface area (Å²) in [4.78, 5) is 4.44. The molecular weight excluding hydrogens is 277 g/mol. The average molecular weight is 288 g/mol. The van der Waals surface area contributed by atoms with Crippen molar-refractivity contribution in [2.24, 2.45) is 0 Å². The second kappa shape index (κ2) is 4.98. The van der Waals surface area contributed by atoms with Gasteiger partial charge in [-0.25, -0.2) is 9.37 Å². The fourth-order valence-corrected chi connectivity index (χ4v) is 2.05. The first-order valence-corrected chi connectivity index (χ1v) is 6.38. The lowest BCUT2D eigenvalue weighted by Crippen LogP contribution is -1.95. The van der Waals surface area contributed by atoms with Crippen LogP contribution in [0.1, 0.15) is 0 Å². The van der Waals surface area contributed by atoms with Crippen LogP contribution in [-0.4, -0.2) is 4.98 Å². The van der Waals surface area contributed by atoms with Crippen molar-refractivity contribution in [3.8, 4) is 0 Å². The number of hydrogen-bond donors (Lipinski definition) is 2. The van der Waals surface area contributed by atoms with E-state index in [9.17, 15) is 4.39 Å². The van der Waals surface area contributed by atoms with Gasteiger partial charge < -0.3 is 11.1 Å². The molecule has 0 spiro atoms. The number of anilines is 3. The van der Waals surface area contributed by atoms with E-state index in [1.165, 1.54) is 12.1 Å². The number of pyridine rings is 1. The third kappa shape index (κ3) is 2.51. The Balaban J connectivity index is 1.94. The first-order valence-electron chi connectivity index (χ1n) is 6.00. The Morgan fingerprint density at radius 2 is 1.90 bits per heavy atom. The van der Waals surface area contributed by atoms with E-state index in [2.05, 4.69) is 10.3 Å². The number of hydrogen-bond acceptors (Lipinski definition) is 3. The largest absolute Gasteiger partial charge is 0.399 e. The maximum Gasteiger partial charge on any atom is 0.143 e. The molecule has 20 heavy (non-hydrogen) atoms. The van der Waals surface area contributed by atoms with Crippen LogP contribution in [0.15, 0.2) is 48.5 Å². The van der Waals surface area contributed by atoms with Crippen LogP contribution in [0.4, 0.5) is 21.6 Å². The van der Waals surface area contributed by atoms with Crippen LogP contribution < -0.4 is 11.1 Å². The van der Waals surface area contributed by atoms with Gasteiger partial charge in [0.1, 0.15) is 11.6 Å². The van der Waals surface area contributed by atoms with Crippen molar-refractivity contribution in [1.82, 2.24) is 4.98 Å². The van der Waals surface area contributed by atoms with Crippen molar-refractivity contribution in [2.75, 3.05) is 11.1 Å². The predicted octanol–water partition coefficient (Wildman–Crippen LogP) is 4.35. The molecule has 0 aliphatic heterocycles. The number of nitrogens with two attached hydrogens (primary N) is 1. The van der Waals surface area contributed by atoms with E-state index < -0.39 is 5.82 Å². The highest BCUT2D eigenvalue weighted by Crippen LogP contribution is 2.23. The van der Waals surface area contributed by atoms with Crippen LogP contribution in [0.5, 0.6) is 0 Å². The number of halogens is 2. The zero-order valence-corrected chi connectivity index (χ0v) is 11.2. The van der Waals surface area contributed by atoms with E-state index in [1.54, 1.807) is 12.1 Å². The van der Waals surface area contributed by atoms with Gasteiger partial charge in [0.2, 0.25) is 0 Å². The first kappa shape index (κ1) is 12.7. The summed E-state index contributed by atoms with van der Waals surface area (Å²) in [6.07, 6.45) is 0. The standard InChI is InChI=1S/C15H11ClFN3/c16-12-4-3-11(8-13(12)17)19-15-6-1-9-7-10(18)2-5-14(9)20-15/h1-8H,18H2,(H,19,20). The zero-order valence-electron chi connectivity index (χ0n) is 10.4. The van der Waals surface area contributed by atoms with Crippen LogP contribution in [0.3, 0.4) is 0 Å². The molecule has 0 fully saturated rings. The summed E-state index contributed by atoms with van der Waals surface area (Å²) in [5, 5.41) is 4.09. The molecule has 0 saturated carbocycles. The number of nitrogen functional groups attached to an aromatic ring is 1. The quantitative estimate of drug-likeness (QED) is 0.689. The van der Waals surface area contributed by atoms with Crippen molar-refractivity contribution in [3.63, 3.8) is 0 Å². The predicted molar refractivity (Wildman–Crippen MR) is 80.8 cm³/mol. The lowest BCUT2D eigenvalue weighted by Gasteiger charge is -2.07. The summed E-state index contributed by atoms with van der Waals surface area (Å²) >= 11 is 5.65. The number of rotatable bonds is 2. The van der Waals surface area contributed by atoms with E-state index in [4.69, 9.17) is 17.3 Å². The molecule has 0 bridgehead atoms. The molecule has 0 radical (unpaired) electrons. The van der Waals surface area contributed by atoms with Gasteiger partial charge in [-0.1, -0.05) is 11.6 Å². The van der Waals surface area contributed by atoms with E-state index in [1.807, 2.05) is 24.3 Å². The second-order valence-electron chi connectivity index (χ2n) is 4.40. The maximum atomic E-state index is 13.4. The van der Waals surface area contributed by atoms with Crippen molar-refractivity contribution in [3.05, 3.63) is 59.4 Å². The highest BCUT2D eigenvalue weighted by Gasteiger charge is 2.03. The molecule has 3 rings (SSSR count). The first-order chi connectivity index (χ1) is 9.61. The Bertz CT molecular complexity index is 789. The number of nitrogens with one attached hydrogen (secondary N) is 1. The van der Waals surface area contributed by atoms with Crippen molar-refractivity contribution in [1.29, 1.82) is 0 Å². The molecule has 0 unspecified atom stereocenters. The van der Waals surface area contributed by atoms with Crippen molar-refractivity contribution in [2.45, 2.75) is 0 Å². The molecule has 3 nitrogen and oxygen atoms in total. The third-order valence-corrected chi connectivity index (χ3v) is 3.21. The van der Waals surface area contributed by atoms with Crippen LogP contribution >= 0.6 is 11.6 Å². The van der Waals surface area contributed by atoms with E-state index in [0.29, 0.717) is 17.2 Å². The lowest BCUT2D eigenvalue weighted by molar-refractivity contribution is 0.629. The lowest BCUT2D eigenvalue weighted by atomic mass is 10.2. The molecule has 1 heterocycles. The van der Waals surface area contributed by atoms with Crippen LogP contribution in [0.25, 0.3) is 10.9 Å². The fraction of sp³-hybridized carbons (Fsp3) is 0. The Kier molecular flexibility index (Phi) is 3.16. The molecule has 0 atom stereocenters. The summed E-state index contributed by atoms with van der Waals surface area (Å²) < 4.78 is 13.4. The molecule has 3 aromatic rings. The molecule has 2 aromatic carbocycles. The van der Waals surface area contributed by atoms with Gasteiger partial charge in [-0.3, -0.25) is 0 Å². The van der Waals surface area contributed by atoms with Gasteiger partial charge in [-0.15, -0.1) is 0 Å². The normalized spacial score (nSPS) is 10.7. The number of aromatic nitrogens is 1. The minimum atomic E-state index is -0.467. The minimum absolute atomic E-state index is 0.0949. The number of benzene rings is 2. The zero-order chi connectivity index (χ0) is 14.1. The Morgan fingerprint density at radius 1 is 1.05 bits per heavy atom. The summed E-state index contributed by atoms with van der Waals surface area (Å²) in [6, 6.07) is 13.7. The molecule has 0 aliphatic rings. The Labute approximate surface area is 120 Å². The minimum Gasteiger partial charge on any atom is -0.399 e. The monoisotopic (exact) mass is 287 g/mol. The molecule has 5 heteroatoms. The molecule has 0 aliphatic carbocycles. The highest BCUT2D eigenvalue weighted by atomic mass is 35.5. The maximum absolute atomic E-state index is 13.4. The van der Waals surface area contributed by atoms with Gasteiger partial charge in [0.05, 0.1) is 10.5 Å². The molecule has 0 amide bonds. The third-order valence-electron chi connectivity index (χ3n) is 2.91. The van der Waals surface area contributed by atoms with E-state index in [0.717, 1.165) is 10.9 Å². The number of nitrogens with zero attached hydrogens (tertiary/aromatic N) is 1. The van der Waals surface area contributed by atoms with Crippen molar-refractivity contribution >= 4 is 39.7 Å². The number of fused-ring (bicyclic) bond motifs is 1. The van der Waals surface area contributed by atoms with Crippen molar-refractivity contribution < 1.29 is 4.39 Å². The average Bonchev–Trinajstić information content (AvgIpc) is 2.43. The van der Waals surface area contributed by atoms with Crippen LogP contribution in [-0.2, 0) is 0 Å². The van der Waals surface area contributed by atoms with Gasteiger partial charge >= 0.3 is 0 Å². The molecule has 100 valence electrons. The van der Waals surface area contributed by atoms with Crippen LogP contribution in [0, 0.1) is 5.82 Å². The van der Waals surface area contributed by atoms with Gasteiger partial charge in [-0.05, 0) is 48.5 Å². The fourth-order valence-electron chi connectivity index (χ4n) is 1.94. The van der Waals surface area contributed by atoms with Gasteiger partial charge in [0, 0.05) is 16.8 Å². The molecular formula is C15H11ClFN3. The van der Waals surface area contributed by atoms with E-state index >= 15 is 0 Å². The Morgan fingerprint density at radius 3 is 2.70 bits per heavy atom. The molecule has 0 saturated heterocycles. The SMILES string of the molecule is Nc1ccc2nc(Nc3ccc(Cl)c(F)c3)ccc2c1. The van der Waals surface area contributed by atoms with Gasteiger partial charge in [0.25, 0.3) is 0 Å². The summed E-state index contributed by atoms with van der Waals surface area (Å²) in [7, 11) is 0. The summed E-state index contributed by atoms with van der Waals surface area (Å²) in [5.74, 6) is 0.161.